The Hall–Kier alpha value is -3.23. The predicted molar refractivity (Wildman–Crippen MR) is 116 cm³/mol. The van der Waals surface area contributed by atoms with Crippen LogP contribution in [-0.2, 0) is 4.74 Å². The third-order valence-corrected chi connectivity index (χ3v) is 5.32. The number of aromatic nitrogens is 3. The van der Waals surface area contributed by atoms with E-state index in [4.69, 9.17) is 4.74 Å². The SMILES string of the molecule is Cc1ccccc1NC(=O)Nc1ccc(-n2cc(C(C)N3CCOCC3)nn2)cc1. The van der Waals surface area contributed by atoms with Crippen LogP contribution in [0.5, 0.6) is 0 Å². The molecule has 1 fully saturated rings. The number of nitrogens with one attached hydrogen (secondary N) is 2. The zero-order valence-electron chi connectivity index (χ0n) is 17.2. The van der Waals surface area contributed by atoms with Gasteiger partial charge in [0.25, 0.3) is 0 Å². The average molecular weight is 406 g/mol. The second-order valence-electron chi connectivity index (χ2n) is 7.35. The lowest BCUT2D eigenvalue weighted by Gasteiger charge is -2.30. The van der Waals surface area contributed by atoms with Gasteiger partial charge in [0, 0.05) is 24.5 Å². The summed E-state index contributed by atoms with van der Waals surface area (Å²) in [5, 5.41) is 14.3. The fourth-order valence-electron chi connectivity index (χ4n) is 3.44. The number of carbonyl (C=O) groups is 1. The van der Waals surface area contributed by atoms with Crippen molar-refractivity contribution in [2.45, 2.75) is 19.9 Å². The van der Waals surface area contributed by atoms with Crippen molar-refractivity contribution in [2.24, 2.45) is 0 Å². The van der Waals surface area contributed by atoms with Crippen molar-refractivity contribution in [1.29, 1.82) is 0 Å². The third kappa shape index (κ3) is 4.67. The molecule has 0 aliphatic carbocycles. The lowest BCUT2D eigenvalue weighted by molar-refractivity contribution is 0.0190. The quantitative estimate of drug-likeness (QED) is 0.676. The molecular weight excluding hydrogens is 380 g/mol. The van der Waals surface area contributed by atoms with Gasteiger partial charge < -0.3 is 15.4 Å². The summed E-state index contributed by atoms with van der Waals surface area (Å²) in [6.45, 7) is 7.41. The van der Waals surface area contributed by atoms with Crippen molar-refractivity contribution in [3.05, 3.63) is 66.0 Å². The molecule has 1 aliphatic heterocycles. The first-order valence-electron chi connectivity index (χ1n) is 10.1. The molecule has 1 saturated heterocycles. The number of carbonyl (C=O) groups excluding carboxylic acids is 1. The summed E-state index contributed by atoms with van der Waals surface area (Å²) in [6.07, 6.45) is 1.95. The van der Waals surface area contributed by atoms with Crippen molar-refractivity contribution in [3.63, 3.8) is 0 Å². The monoisotopic (exact) mass is 406 g/mol. The van der Waals surface area contributed by atoms with Crippen LogP contribution in [0.15, 0.2) is 54.7 Å². The molecule has 2 amide bonds. The summed E-state index contributed by atoms with van der Waals surface area (Å²) < 4.78 is 7.17. The largest absolute Gasteiger partial charge is 0.379 e. The van der Waals surface area contributed by atoms with Gasteiger partial charge in [-0.25, -0.2) is 9.48 Å². The molecule has 0 spiro atoms. The molecule has 156 valence electrons. The zero-order chi connectivity index (χ0) is 20.9. The Morgan fingerprint density at radius 1 is 1.07 bits per heavy atom. The van der Waals surface area contributed by atoms with Crippen molar-refractivity contribution < 1.29 is 9.53 Å². The number of benzene rings is 2. The predicted octanol–water partition coefficient (Wildman–Crippen LogP) is 3.61. The minimum absolute atomic E-state index is 0.189. The first-order valence-corrected chi connectivity index (χ1v) is 10.1. The van der Waals surface area contributed by atoms with E-state index in [1.807, 2.05) is 61.7 Å². The molecule has 0 saturated carbocycles. The van der Waals surface area contributed by atoms with Crippen LogP contribution in [0.3, 0.4) is 0 Å². The number of amides is 2. The topological polar surface area (TPSA) is 84.3 Å². The number of anilines is 2. The highest BCUT2D eigenvalue weighted by Gasteiger charge is 2.21. The Bertz CT molecular complexity index is 995. The highest BCUT2D eigenvalue weighted by Crippen LogP contribution is 2.21. The van der Waals surface area contributed by atoms with Crippen molar-refractivity contribution >= 4 is 17.4 Å². The van der Waals surface area contributed by atoms with Crippen molar-refractivity contribution in [2.75, 3.05) is 36.9 Å². The van der Waals surface area contributed by atoms with Crippen LogP contribution in [0.1, 0.15) is 24.2 Å². The number of para-hydroxylation sites is 1. The molecule has 2 N–H and O–H groups in total. The summed E-state index contributed by atoms with van der Waals surface area (Å²) in [7, 11) is 0. The van der Waals surface area contributed by atoms with E-state index >= 15 is 0 Å². The zero-order valence-corrected chi connectivity index (χ0v) is 17.2. The van der Waals surface area contributed by atoms with Crippen LogP contribution in [0.2, 0.25) is 0 Å². The number of rotatable bonds is 5. The number of nitrogens with zero attached hydrogens (tertiary/aromatic N) is 4. The van der Waals surface area contributed by atoms with Crippen LogP contribution in [0.25, 0.3) is 5.69 Å². The Balaban J connectivity index is 1.38. The van der Waals surface area contributed by atoms with Crippen LogP contribution in [0, 0.1) is 6.92 Å². The number of ether oxygens (including phenoxy) is 1. The van der Waals surface area contributed by atoms with Crippen LogP contribution in [0.4, 0.5) is 16.2 Å². The van der Waals surface area contributed by atoms with Gasteiger partial charge in [-0.05, 0) is 49.7 Å². The summed E-state index contributed by atoms with van der Waals surface area (Å²) in [5.74, 6) is 0. The van der Waals surface area contributed by atoms with Gasteiger partial charge in [0.15, 0.2) is 0 Å². The normalized spacial score (nSPS) is 15.5. The lowest BCUT2D eigenvalue weighted by atomic mass is 10.2. The third-order valence-electron chi connectivity index (χ3n) is 5.32. The van der Waals surface area contributed by atoms with Gasteiger partial charge >= 0.3 is 6.03 Å². The van der Waals surface area contributed by atoms with Crippen molar-refractivity contribution in [3.8, 4) is 5.69 Å². The molecule has 1 unspecified atom stereocenters. The smallest absolute Gasteiger partial charge is 0.323 e. The van der Waals surface area contributed by atoms with E-state index in [9.17, 15) is 4.79 Å². The summed E-state index contributed by atoms with van der Waals surface area (Å²) in [4.78, 5) is 14.6. The molecule has 0 bridgehead atoms. The highest BCUT2D eigenvalue weighted by molar-refractivity contribution is 6.00. The molecule has 30 heavy (non-hydrogen) atoms. The second kappa shape index (κ2) is 9.06. The maximum atomic E-state index is 12.3. The molecule has 8 heteroatoms. The van der Waals surface area contributed by atoms with Gasteiger partial charge in [0.2, 0.25) is 0 Å². The van der Waals surface area contributed by atoms with Gasteiger partial charge in [0.05, 0.1) is 36.8 Å². The van der Waals surface area contributed by atoms with E-state index < -0.39 is 0 Å². The van der Waals surface area contributed by atoms with Crippen LogP contribution >= 0.6 is 0 Å². The molecule has 1 aromatic heterocycles. The van der Waals surface area contributed by atoms with E-state index in [0.717, 1.165) is 48.9 Å². The van der Waals surface area contributed by atoms with Crippen molar-refractivity contribution in [1.82, 2.24) is 19.9 Å². The summed E-state index contributed by atoms with van der Waals surface area (Å²) >= 11 is 0. The Labute approximate surface area is 175 Å². The molecule has 0 radical (unpaired) electrons. The van der Waals surface area contributed by atoms with Gasteiger partial charge in [-0.1, -0.05) is 23.4 Å². The standard InChI is InChI=1S/C22H26N6O2/c1-16-5-3-4-6-20(16)24-22(29)23-18-7-9-19(10-8-18)28-15-21(25-26-28)17(2)27-11-13-30-14-12-27/h3-10,15,17H,11-14H2,1-2H3,(H2,23,24,29). The van der Waals surface area contributed by atoms with E-state index in [2.05, 4.69) is 32.8 Å². The molecule has 1 aliphatic rings. The summed E-state index contributed by atoms with van der Waals surface area (Å²) in [5.41, 5.74) is 4.31. The molecule has 8 nitrogen and oxygen atoms in total. The minimum Gasteiger partial charge on any atom is -0.379 e. The van der Waals surface area contributed by atoms with Gasteiger partial charge in [0.1, 0.15) is 0 Å². The Morgan fingerprint density at radius 2 is 1.80 bits per heavy atom. The first kappa shape index (κ1) is 20.1. The van der Waals surface area contributed by atoms with Gasteiger partial charge in [-0.15, -0.1) is 5.10 Å². The fourth-order valence-corrected chi connectivity index (χ4v) is 3.44. The van der Waals surface area contributed by atoms with Gasteiger partial charge in [-0.2, -0.15) is 0 Å². The van der Waals surface area contributed by atoms with Gasteiger partial charge in [-0.3, -0.25) is 4.90 Å². The van der Waals surface area contributed by atoms with E-state index in [0.29, 0.717) is 5.69 Å². The molecule has 1 atom stereocenters. The second-order valence-corrected chi connectivity index (χ2v) is 7.35. The molecule has 2 aromatic carbocycles. The van der Waals surface area contributed by atoms with Crippen LogP contribution < -0.4 is 10.6 Å². The fraction of sp³-hybridized carbons (Fsp3) is 0.318. The minimum atomic E-state index is -0.278. The first-order chi connectivity index (χ1) is 14.6. The lowest BCUT2D eigenvalue weighted by Crippen LogP contribution is -2.38. The molecule has 2 heterocycles. The number of hydrogen-bond acceptors (Lipinski definition) is 5. The molecular formula is C22H26N6O2. The Kier molecular flexibility index (Phi) is 6.06. The maximum Gasteiger partial charge on any atom is 0.323 e. The number of urea groups is 1. The van der Waals surface area contributed by atoms with Crippen LogP contribution in [-0.4, -0.2) is 52.2 Å². The van der Waals surface area contributed by atoms with E-state index in [1.165, 1.54) is 0 Å². The highest BCUT2D eigenvalue weighted by atomic mass is 16.5. The summed E-state index contributed by atoms with van der Waals surface area (Å²) in [6, 6.07) is 15.1. The molecule has 3 aromatic rings. The van der Waals surface area contributed by atoms with E-state index in [1.54, 1.807) is 4.68 Å². The number of morpholine rings is 1. The maximum absolute atomic E-state index is 12.3. The average Bonchev–Trinajstić information content (AvgIpc) is 3.26. The van der Waals surface area contributed by atoms with E-state index in [-0.39, 0.29) is 12.1 Å². The number of aryl methyl sites for hydroxylation is 1. The Morgan fingerprint density at radius 3 is 2.53 bits per heavy atom. The molecule has 4 rings (SSSR count). The number of hydrogen-bond donors (Lipinski definition) is 2.